The van der Waals surface area contributed by atoms with Crippen LogP contribution in [0.1, 0.15) is 30.9 Å². The van der Waals surface area contributed by atoms with Gasteiger partial charge in [-0.05, 0) is 35.7 Å². The monoisotopic (exact) mass is 299 g/mol. The number of amides is 1. The van der Waals surface area contributed by atoms with E-state index >= 15 is 0 Å². The third-order valence-electron chi connectivity index (χ3n) is 3.32. The molecule has 4 nitrogen and oxygen atoms in total. The van der Waals surface area contributed by atoms with Gasteiger partial charge in [-0.3, -0.25) is 0 Å². The zero-order valence-corrected chi connectivity index (χ0v) is 12.7. The Balaban J connectivity index is 1.90. The van der Waals surface area contributed by atoms with Gasteiger partial charge in [0.1, 0.15) is 11.5 Å². The van der Waals surface area contributed by atoms with E-state index in [0.29, 0.717) is 18.7 Å². The summed E-state index contributed by atoms with van der Waals surface area (Å²) >= 11 is 0. The molecular weight excluding hydrogens is 278 g/mol. The quantitative estimate of drug-likeness (QED) is 0.796. The van der Waals surface area contributed by atoms with Crippen LogP contribution in [-0.4, -0.2) is 17.7 Å². The summed E-state index contributed by atoms with van der Waals surface area (Å²) in [5.74, 6) is 0.799. The van der Waals surface area contributed by atoms with E-state index in [2.05, 4.69) is 12.2 Å². The summed E-state index contributed by atoms with van der Waals surface area (Å²) in [6, 6.07) is 14.6. The van der Waals surface area contributed by atoms with Gasteiger partial charge in [0.05, 0.1) is 0 Å². The highest BCUT2D eigenvalue weighted by Gasteiger charge is 2.05. The van der Waals surface area contributed by atoms with Crippen molar-refractivity contribution in [2.75, 3.05) is 6.54 Å². The summed E-state index contributed by atoms with van der Waals surface area (Å²) in [6.07, 6.45) is 2.17. The number of carbonyl (C=O) groups is 1. The Morgan fingerprint density at radius 3 is 2.55 bits per heavy atom. The van der Waals surface area contributed by atoms with Crippen LogP contribution < -0.4 is 10.1 Å². The highest BCUT2D eigenvalue weighted by molar-refractivity contribution is 5.70. The summed E-state index contributed by atoms with van der Waals surface area (Å²) in [7, 11) is 0. The number of hydrogen-bond donors (Lipinski definition) is 2. The second-order valence-corrected chi connectivity index (χ2v) is 5.12. The number of carbonyl (C=O) groups excluding carboxylic acids is 1. The molecule has 0 fully saturated rings. The van der Waals surface area contributed by atoms with Gasteiger partial charge in [0.15, 0.2) is 0 Å². The Morgan fingerprint density at radius 2 is 1.86 bits per heavy atom. The number of para-hydroxylation sites is 1. The van der Waals surface area contributed by atoms with Crippen molar-refractivity contribution in [2.45, 2.75) is 26.2 Å². The van der Waals surface area contributed by atoms with Crippen LogP contribution in [0.5, 0.6) is 11.5 Å². The number of aromatic hydroxyl groups is 1. The first-order valence-electron chi connectivity index (χ1n) is 7.50. The molecule has 0 bridgehead atoms. The van der Waals surface area contributed by atoms with Gasteiger partial charge in [-0.15, -0.1) is 0 Å². The minimum absolute atomic E-state index is 0.290. The smallest absolute Gasteiger partial charge is 0.412 e. The van der Waals surface area contributed by atoms with E-state index in [4.69, 9.17) is 4.74 Å². The van der Waals surface area contributed by atoms with Crippen LogP contribution in [0.25, 0.3) is 0 Å². The topological polar surface area (TPSA) is 58.6 Å². The second kappa shape index (κ2) is 8.08. The molecule has 116 valence electrons. The number of ether oxygens (including phenoxy) is 1. The fraction of sp³-hybridized carbons (Fsp3) is 0.278. The van der Waals surface area contributed by atoms with Gasteiger partial charge in [-0.1, -0.05) is 43.7 Å². The van der Waals surface area contributed by atoms with Crippen molar-refractivity contribution in [2.24, 2.45) is 0 Å². The van der Waals surface area contributed by atoms with Gasteiger partial charge in [0.2, 0.25) is 0 Å². The van der Waals surface area contributed by atoms with Crippen LogP contribution in [0.3, 0.4) is 0 Å². The first kappa shape index (κ1) is 15.9. The van der Waals surface area contributed by atoms with Crippen LogP contribution in [0.15, 0.2) is 48.5 Å². The number of unbranched alkanes of at least 4 members (excludes halogenated alkanes) is 1. The lowest BCUT2D eigenvalue weighted by Crippen LogP contribution is -2.27. The maximum Gasteiger partial charge on any atom is 0.412 e. The van der Waals surface area contributed by atoms with Gasteiger partial charge >= 0.3 is 6.09 Å². The zero-order chi connectivity index (χ0) is 15.8. The molecule has 2 N–H and O–H groups in total. The molecule has 0 heterocycles. The molecule has 2 aromatic carbocycles. The Morgan fingerprint density at radius 1 is 1.14 bits per heavy atom. The Bertz CT molecular complexity index is 608. The van der Waals surface area contributed by atoms with Crippen molar-refractivity contribution in [3.8, 4) is 11.5 Å². The molecule has 0 aliphatic carbocycles. The fourth-order valence-corrected chi connectivity index (χ4v) is 2.07. The van der Waals surface area contributed by atoms with Crippen LogP contribution in [0.4, 0.5) is 4.79 Å². The van der Waals surface area contributed by atoms with E-state index in [1.54, 1.807) is 24.3 Å². The summed E-state index contributed by atoms with van der Waals surface area (Å²) in [5, 5.41) is 12.5. The van der Waals surface area contributed by atoms with Gasteiger partial charge < -0.3 is 15.2 Å². The van der Waals surface area contributed by atoms with E-state index in [1.165, 1.54) is 0 Å². The highest BCUT2D eigenvalue weighted by Crippen LogP contribution is 2.21. The van der Waals surface area contributed by atoms with Crippen LogP contribution >= 0.6 is 0 Å². The van der Waals surface area contributed by atoms with E-state index in [9.17, 15) is 9.90 Å². The molecule has 0 saturated heterocycles. The molecule has 0 aromatic heterocycles. The third kappa shape index (κ3) is 4.81. The molecule has 4 heteroatoms. The lowest BCUT2D eigenvalue weighted by atomic mass is 10.0. The van der Waals surface area contributed by atoms with Crippen LogP contribution in [-0.2, 0) is 6.42 Å². The molecule has 2 aromatic rings. The van der Waals surface area contributed by atoms with Gasteiger partial charge in [0, 0.05) is 13.0 Å². The highest BCUT2D eigenvalue weighted by atomic mass is 16.6. The Labute approximate surface area is 130 Å². The molecular formula is C18H21NO3. The number of hydrogen-bond acceptors (Lipinski definition) is 3. The van der Waals surface area contributed by atoms with Crippen molar-refractivity contribution in [1.29, 1.82) is 0 Å². The molecule has 0 radical (unpaired) electrons. The van der Waals surface area contributed by atoms with Gasteiger partial charge in [-0.25, -0.2) is 4.79 Å². The summed E-state index contributed by atoms with van der Waals surface area (Å²) in [6.45, 7) is 2.69. The zero-order valence-electron chi connectivity index (χ0n) is 12.7. The summed E-state index contributed by atoms with van der Waals surface area (Å²) < 4.78 is 5.19. The minimum Gasteiger partial charge on any atom is -0.508 e. The first-order chi connectivity index (χ1) is 10.7. The van der Waals surface area contributed by atoms with Crippen molar-refractivity contribution in [3.05, 3.63) is 59.7 Å². The van der Waals surface area contributed by atoms with E-state index in [0.717, 1.165) is 24.0 Å². The lowest BCUT2D eigenvalue weighted by Gasteiger charge is -2.08. The first-order valence-corrected chi connectivity index (χ1v) is 7.50. The van der Waals surface area contributed by atoms with Crippen molar-refractivity contribution in [1.82, 2.24) is 5.32 Å². The Kier molecular flexibility index (Phi) is 5.83. The number of nitrogens with one attached hydrogen (secondary N) is 1. The maximum absolute atomic E-state index is 11.5. The van der Waals surface area contributed by atoms with Crippen molar-refractivity contribution < 1.29 is 14.6 Å². The van der Waals surface area contributed by atoms with Crippen LogP contribution in [0, 0.1) is 0 Å². The number of phenols is 1. The van der Waals surface area contributed by atoms with Crippen molar-refractivity contribution in [3.63, 3.8) is 0 Å². The standard InChI is InChI=1S/C18H21NO3/c1-2-3-12-19-18(21)22-16-10-8-14(9-11-16)13-15-6-4-5-7-17(15)20/h4-11,20H,2-3,12-13H2,1H3,(H,19,21). The molecule has 0 saturated carbocycles. The molecule has 0 unspecified atom stereocenters. The van der Waals surface area contributed by atoms with E-state index in [1.807, 2.05) is 24.3 Å². The number of phenolic OH excluding ortho intramolecular Hbond substituents is 1. The maximum atomic E-state index is 11.5. The fourth-order valence-electron chi connectivity index (χ4n) is 2.07. The third-order valence-corrected chi connectivity index (χ3v) is 3.32. The summed E-state index contributed by atoms with van der Waals surface area (Å²) in [4.78, 5) is 11.5. The molecule has 0 aliphatic rings. The predicted octanol–water partition coefficient (Wildman–Crippen LogP) is 3.87. The van der Waals surface area contributed by atoms with Crippen molar-refractivity contribution >= 4 is 6.09 Å². The molecule has 22 heavy (non-hydrogen) atoms. The van der Waals surface area contributed by atoms with E-state index in [-0.39, 0.29) is 5.75 Å². The Hall–Kier alpha value is -2.49. The average Bonchev–Trinajstić information content (AvgIpc) is 2.52. The molecule has 0 aliphatic heterocycles. The normalized spacial score (nSPS) is 10.2. The average molecular weight is 299 g/mol. The molecule has 0 spiro atoms. The van der Waals surface area contributed by atoms with Gasteiger partial charge in [0.25, 0.3) is 0 Å². The lowest BCUT2D eigenvalue weighted by molar-refractivity contribution is 0.200. The number of rotatable bonds is 6. The van der Waals surface area contributed by atoms with E-state index < -0.39 is 6.09 Å². The minimum atomic E-state index is -0.429. The predicted molar refractivity (Wildman–Crippen MR) is 86.3 cm³/mol. The SMILES string of the molecule is CCCCNC(=O)Oc1ccc(Cc2ccccc2O)cc1. The largest absolute Gasteiger partial charge is 0.508 e. The second-order valence-electron chi connectivity index (χ2n) is 5.12. The summed E-state index contributed by atoms with van der Waals surface area (Å²) in [5.41, 5.74) is 1.91. The molecule has 2 rings (SSSR count). The van der Waals surface area contributed by atoms with Crippen LogP contribution in [0.2, 0.25) is 0 Å². The van der Waals surface area contributed by atoms with Gasteiger partial charge in [-0.2, -0.15) is 0 Å². The molecule has 1 amide bonds. The molecule has 0 atom stereocenters. The number of benzene rings is 2.